The summed E-state index contributed by atoms with van der Waals surface area (Å²) in [6, 6.07) is 22.0. The highest BCUT2D eigenvalue weighted by Crippen LogP contribution is 2.21. The van der Waals surface area contributed by atoms with Crippen molar-refractivity contribution in [1.29, 1.82) is 0 Å². The van der Waals surface area contributed by atoms with Crippen LogP contribution >= 0.6 is 11.6 Å². The Balaban J connectivity index is 1.88. The molecule has 6 heteroatoms. The van der Waals surface area contributed by atoms with E-state index >= 15 is 0 Å². The van der Waals surface area contributed by atoms with E-state index in [1.807, 2.05) is 74.5 Å². The van der Waals surface area contributed by atoms with E-state index < -0.39 is 6.04 Å². The van der Waals surface area contributed by atoms with E-state index in [1.54, 1.807) is 24.1 Å². The largest absolute Gasteiger partial charge is 0.483 e. The molecule has 0 bridgehead atoms. The van der Waals surface area contributed by atoms with Gasteiger partial charge < -0.3 is 15.0 Å². The summed E-state index contributed by atoms with van der Waals surface area (Å²) in [5.74, 6) is 0.164. The second-order valence-electron chi connectivity index (χ2n) is 7.95. The van der Waals surface area contributed by atoms with Gasteiger partial charge in [-0.2, -0.15) is 0 Å². The number of carbonyl (C=O) groups is 2. The first-order valence-electron chi connectivity index (χ1n) is 10.9. The van der Waals surface area contributed by atoms with Crippen molar-refractivity contribution in [1.82, 2.24) is 10.2 Å². The fourth-order valence-electron chi connectivity index (χ4n) is 3.61. The SMILES string of the molecule is CNC(=O)C(Cc1ccccc1)N(Cc1ccc(Cl)cc1)C(=O)COc1cccc(C)c1C. The summed E-state index contributed by atoms with van der Waals surface area (Å²) in [5, 5.41) is 3.32. The Morgan fingerprint density at radius 1 is 0.939 bits per heavy atom. The Morgan fingerprint density at radius 2 is 1.64 bits per heavy atom. The first kappa shape index (κ1) is 24.3. The molecule has 0 heterocycles. The molecule has 0 aliphatic carbocycles. The van der Waals surface area contributed by atoms with E-state index in [0.29, 0.717) is 17.2 Å². The van der Waals surface area contributed by atoms with Gasteiger partial charge in [0.25, 0.3) is 5.91 Å². The Morgan fingerprint density at radius 3 is 2.30 bits per heavy atom. The average Bonchev–Trinajstić information content (AvgIpc) is 2.83. The van der Waals surface area contributed by atoms with Crippen molar-refractivity contribution in [3.8, 4) is 5.75 Å². The third-order valence-electron chi connectivity index (χ3n) is 5.69. The van der Waals surface area contributed by atoms with Crippen molar-refractivity contribution in [2.75, 3.05) is 13.7 Å². The molecule has 0 radical (unpaired) electrons. The van der Waals surface area contributed by atoms with Crippen molar-refractivity contribution in [2.45, 2.75) is 32.9 Å². The molecule has 33 heavy (non-hydrogen) atoms. The molecular weight excluding hydrogens is 436 g/mol. The number of likely N-dealkylation sites (N-methyl/N-ethyl adjacent to an activating group) is 1. The lowest BCUT2D eigenvalue weighted by atomic mass is 10.0. The number of aryl methyl sites for hydroxylation is 1. The molecular formula is C27H29ClN2O3. The number of ether oxygens (including phenoxy) is 1. The van der Waals surface area contributed by atoms with Gasteiger partial charge in [0.05, 0.1) is 0 Å². The van der Waals surface area contributed by atoms with Crippen LogP contribution in [0.3, 0.4) is 0 Å². The quantitative estimate of drug-likeness (QED) is 0.498. The van der Waals surface area contributed by atoms with Crippen LogP contribution in [0.1, 0.15) is 22.3 Å². The summed E-state index contributed by atoms with van der Waals surface area (Å²) < 4.78 is 5.89. The number of halogens is 1. The van der Waals surface area contributed by atoms with Gasteiger partial charge in [-0.05, 0) is 54.3 Å². The highest BCUT2D eigenvalue weighted by atomic mass is 35.5. The van der Waals surface area contributed by atoms with E-state index in [9.17, 15) is 9.59 Å². The van der Waals surface area contributed by atoms with Gasteiger partial charge in [-0.25, -0.2) is 0 Å². The van der Waals surface area contributed by atoms with Crippen molar-refractivity contribution >= 4 is 23.4 Å². The molecule has 0 aliphatic rings. The molecule has 3 aromatic carbocycles. The number of nitrogens with one attached hydrogen (secondary N) is 1. The normalized spacial score (nSPS) is 11.5. The zero-order valence-electron chi connectivity index (χ0n) is 19.2. The van der Waals surface area contributed by atoms with Crippen LogP contribution in [0, 0.1) is 13.8 Å². The minimum atomic E-state index is -0.692. The van der Waals surface area contributed by atoms with Crippen molar-refractivity contribution < 1.29 is 14.3 Å². The summed E-state index contributed by atoms with van der Waals surface area (Å²) in [5.41, 5.74) is 3.92. The number of amides is 2. The molecule has 1 N–H and O–H groups in total. The third-order valence-corrected chi connectivity index (χ3v) is 5.94. The van der Waals surface area contributed by atoms with Gasteiger partial charge in [0.2, 0.25) is 5.91 Å². The van der Waals surface area contributed by atoms with Crippen LogP contribution in [0.15, 0.2) is 72.8 Å². The van der Waals surface area contributed by atoms with Crippen molar-refractivity contribution in [3.63, 3.8) is 0 Å². The highest BCUT2D eigenvalue weighted by Gasteiger charge is 2.30. The molecule has 0 saturated carbocycles. The summed E-state index contributed by atoms with van der Waals surface area (Å²) in [4.78, 5) is 27.9. The summed E-state index contributed by atoms with van der Waals surface area (Å²) in [6.07, 6.45) is 0.392. The molecule has 3 aromatic rings. The lowest BCUT2D eigenvalue weighted by molar-refractivity contribution is -0.142. The molecule has 0 aliphatic heterocycles. The molecule has 0 aromatic heterocycles. The number of benzene rings is 3. The van der Waals surface area contributed by atoms with E-state index in [2.05, 4.69) is 5.32 Å². The molecule has 2 amide bonds. The fraction of sp³-hybridized carbons (Fsp3) is 0.259. The van der Waals surface area contributed by atoms with E-state index in [4.69, 9.17) is 16.3 Å². The molecule has 1 atom stereocenters. The van der Waals surface area contributed by atoms with Gasteiger partial charge in [0.15, 0.2) is 6.61 Å². The van der Waals surface area contributed by atoms with Crippen LogP contribution in [0.2, 0.25) is 5.02 Å². The zero-order valence-corrected chi connectivity index (χ0v) is 19.9. The number of nitrogens with zero attached hydrogens (tertiary/aromatic N) is 1. The van der Waals surface area contributed by atoms with Crippen LogP contribution in [-0.2, 0) is 22.6 Å². The number of hydrogen-bond acceptors (Lipinski definition) is 3. The summed E-state index contributed by atoms with van der Waals surface area (Å²) in [6.45, 7) is 4.05. The Labute approximate surface area is 200 Å². The predicted molar refractivity (Wildman–Crippen MR) is 131 cm³/mol. The summed E-state index contributed by atoms with van der Waals surface area (Å²) >= 11 is 6.03. The lowest BCUT2D eigenvalue weighted by Gasteiger charge is -2.31. The minimum absolute atomic E-state index is 0.167. The van der Waals surface area contributed by atoms with E-state index in [-0.39, 0.29) is 25.0 Å². The van der Waals surface area contributed by atoms with E-state index in [0.717, 1.165) is 22.3 Å². The number of hydrogen-bond donors (Lipinski definition) is 1. The standard InChI is InChI=1S/C27H29ClN2O3/c1-19-8-7-11-25(20(19)2)33-18-26(31)30(17-22-12-14-23(28)15-13-22)24(27(32)29-3)16-21-9-5-4-6-10-21/h4-15,24H,16-18H2,1-3H3,(H,29,32). The Hall–Kier alpha value is -3.31. The monoisotopic (exact) mass is 464 g/mol. The number of rotatable bonds is 9. The molecule has 172 valence electrons. The average molecular weight is 465 g/mol. The van der Waals surface area contributed by atoms with Crippen LogP contribution in [0.5, 0.6) is 5.75 Å². The maximum absolute atomic E-state index is 13.4. The maximum atomic E-state index is 13.4. The van der Waals surface area contributed by atoms with Crippen LogP contribution in [-0.4, -0.2) is 36.4 Å². The van der Waals surface area contributed by atoms with Gasteiger partial charge in [-0.15, -0.1) is 0 Å². The first-order valence-corrected chi connectivity index (χ1v) is 11.2. The smallest absolute Gasteiger partial charge is 0.261 e. The van der Waals surface area contributed by atoms with Gasteiger partial charge in [-0.1, -0.05) is 66.2 Å². The molecule has 0 fully saturated rings. The topological polar surface area (TPSA) is 58.6 Å². The zero-order chi connectivity index (χ0) is 23.8. The molecule has 3 rings (SSSR count). The highest BCUT2D eigenvalue weighted by molar-refractivity contribution is 6.30. The van der Waals surface area contributed by atoms with Crippen molar-refractivity contribution in [2.24, 2.45) is 0 Å². The minimum Gasteiger partial charge on any atom is -0.483 e. The van der Waals surface area contributed by atoms with Gasteiger partial charge in [-0.3, -0.25) is 9.59 Å². The first-order chi connectivity index (χ1) is 15.9. The summed E-state index contributed by atoms with van der Waals surface area (Å²) in [7, 11) is 1.58. The Bertz CT molecular complexity index is 1080. The molecule has 5 nitrogen and oxygen atoms in total. The number of carbonyl (C=O) groups excluding carboxylic acids is 2. The van der Waals surface area contributed by atoms with Gasteiger partial charge >= 0.3 is 0 Å². The van der Waals surface area contributed by atoms with Crippen LogP contribution in [0.25, 0.3) is 0 Å². The third kappa shape index (κ3) is 6.59. The maximum Gasteiger partial charge on any atom is 0.261 e. The molecule has 0 spiro atoms. The fourth-order valence-corrected chi connectivity index (χ4v) is 3.74. The lowest BCUT2D eigenvalue weighted by Crippen LogP contribution is -2.51. The second kappa shape index (κ2) is 11.5. The van der Waals surface area contributed by atoms with Crippen LogP contribution < -0.4 is 10.1 Å². The van der Waals surface area contributed by atoms with Gasteiger partial charge in [0.1, 0.15) is 11.8 Å². The van der Waals surface area contributed by atoms with Crippen LogP contribution in [0.4, 0.5) is 0 Å². The molecule has 1 unspecified atom stereocenters. The Kier molecular flexibility index (Phi) is 8.50. The van der Waals surface area contributed by atoms with Gasteiger partial charge in [0, 0.05) is 25.0 Å². The van der Waals surface area contributed by atoms with E-state index in [1.165, 1.54) is 0 Å². The molecule has 0 saturated heterocycles. The van der Waals surface area contributed by atoms with Crippen molar-refractivity contribution in [3.05, 3.63) is 100 Å². The predicted octanol–water partition coefficient (Wildman–Crippen LogP) is 4.72. The second-order valence-corrected chi connectivity index (χ2v) is 8.39.